The maximum Gasteiger partial charge on any atom is 0.214 e. The summed E-state index contributed by atoms with van der Waals surface area (Å²) >= 11 is 0. The maximum atomic E-state index is 6.53. The van der Waals surface area contributed by atoms with Gasteiger partial charge in [-0.05, 0) is 24.3 Å². The van der Waals surface area contributed by atoms with Gasteiger partial charge in [0.15, 0.2) is 0 Å². The van der Waals surface area contributed by atoms with Crippen molar-refractivity contribution >= 4 is 11.4 Å². The summed E-state index contributed by atoms with van der Waals surface area (Å²) in [6.45, 7) is 0. The Morgan fingerprint density at radius 3 is 2.45 bits per heavy atom. The van der Waals surface area contributed by atoms with E-state index in [9.17, 15) is 0 Å². The van der Waals surface area contributed by atoms with Crippen molar-refractivity contribution < 1.29 is 1.41 Å². The Kier molecular flexibility index (Phi) is 1.81. The van der Waals surface area contributed by atoms with Crippen LogP contribution in [-0.2, 0) is 0 Å². The molecule has 3 nitrogen and oxygen atoms in total. The highest BCUT2D eigenvalue weighted by Gasteiger charge is 1.93. The maximum absolute atomic E-state index is 6.53. The van der Waals surface area contributed by atoms with E-state index in [4.69, 9.17) is 1.41 Å². The molecule has 0 unspecified atom stereocenters. The molecule has 1 rings (SSSR count). The molecule has 3 heteroatoms. The molecule has 0 heterocycles. The Morgan fingerprint density at radius 2 is 2.00 bits per heavy atom. The Bertz CT molecular complexity index is 266. The van der Waals surface area contributed by atoms with Gasteiger partial charge in [-0.3, -0.25) is 0 Å². The molecule has 0 aliphatic carbocycles. The lowest BCUT2D eigenvalue weighted by molar-refractivity contribution is 1.12. The average molecular weight is 150 g/mol. The first-order valence-corrected chi connectivity index (χ1v) is 3.36. The lowest BCUT2D eigenvalue weighted by atomic mass is 10.3. The second-order valence-electron chi connectivity index (χ2n) is 2.51. The third kappa shape index (κ3) is 1.77. The van der Waals surface area contributed by atoms with Crippen molar-refractivity contribution in [2.45, 2.75) is 0 Å². The van der Waals surface area contributed by atoms with E-state index < -0.39 is 0 Å². The van der Waals surface area contributed by atoms with E-state index in [0.29, 0.717) is 5.69 Å². The molecule has 0 aromatic heterocycles. The number of hydrogen-bond donors (Lipinski definition) is 1. The van der Waals surface area contributed by atoms with Crippen LogP contribution in [0, 0.1) is 5.52 Å². The topological polar surface area (TPSA) is 39.5 Å². The van der Waals surface area contributed by atoms with Crippen molar-refractivity contribution in [2.24, 2.45) is 5.11 Å². The fourth-order valence-corrected chi connectivity index (χ4v) is 0.817. The largest absolute Gasteiger partial charge is 0.378 e. The third-order valence-electron chi connectivity index (χ3n) is 1.48. The van der Waals surface area contributed by atoms with E-state index in [1.165, 1.54) is 0 Å². The Labute approximate surface area is 67.6 Å². The van der Waals surface area contributed by atoms with Gasteiger partial charge < -0.3 is 4.90 Å². The molecule has 0 radical (unpaired) electrons. The molecule has 0 spiro atoms. The van der Waals surface area contributed by atoms with Gasteiger partial charge in [-0.1, -0.05) is 0 Å². The van der Waals surface area contributed by atoms with Gasteiger partial charge >= 0.3 is 0 Å². The van der Waals surface area contributed by atoms with Gasteiger partial charge in [0.1, 0.15) is 0 Å². The molecule has 11 heavy (non-hydrogen) atoms. The molecule has 58 valence electrons. The quantitative estimate of drug-likeness (QED) is 0.646. The summed E-state index contributed by atoms with van der Waals surface area (Å²) in [6, 6.07) is 7.52. The number of anilines is 1. The molecule has 0 aliphatic rings. The highest BCUT2D eigenvalue weighted by molar-refractivity contribution is 5.51. The van der Waals surface area contributed by atoms with Gasteiger partial charge in [0.2, 0.25) is 1.41 Å². The first-order valence-electron chi connectivity index (χ1n) is 3.81. The summed E-state index contributed by atoms with van der Waals surface area (Å²) in [5.74, 6) is 0. The molecule has 0 saturated carbocycles. The summed E-state index contributed by atoms with van der Waals surface area (Å²) < 4.78 is 6.53. The van der Waals surface area contributed by atoms with Gasteiger partial charge in [-0.25, -0.2) is 5.52 Å². The number of nitrogens with one attached hydrogen (secondary N) is 1. The van der Waals surface area contributed by atoms with Crippen LogP contribution in [0.1, 0.15) is 0 Å². The van der Waals surface area contributed by atoms with Crippen LogP contribution in [0.2, 0.25) is 1.41 Å². The van der Waals surface area contributed by atoms with Crippen LogP contribution < -0.4 is 4.90 Å². The van der Waals surface area contributed by atoms with E-state index in [0.717, 1.165) is 5.69 Å². The molecule has 0 atom stereocenters. The van der Waals surface area contributed by atoms with Crippen molar-refractivity contribution in [3.63, 3.8) is 0 Å². The average Bonchev–Trinajstić information content (AvgIpc) is 2.06. The fraction of sp³-hybridized carbons (Fsp3) is 0.250. The van der Waals surface area contributed by atoms with Crippen LogP contribution in [-0.4, -0.2) is 14.1 Å². The van der Waals surface area contributed by atoms with Crippen LogP contribution in [0.15, 0.2) is 29.4 Å². The summed E-state index contributed by atoms with van der Waals surface area (Å²) in [7, 11) is 3.95. The van der Waals surface area contributed by atoms with E-state index in [1.807, 2.05) is 43.3 Å². The minimum absolute atomic E-state index is 0.704. The second-order valence-corrected chi connectivity index (χ2v) is 2.51. The SMILES string of the molecule is [2H]N=Nc1ccc(N(C)C)cc1. The van der Waals surface area contributed by atoms with Crippen molar-refractivity contribution in [3.8, 4) is 0 Å². The normalized spacial score (nSPS) is 11.6. The van der Waals surface area contributed by atoms with Gasteiger partial charge in [-0.2, -0.15) is 5.11 Å². The molecule has 1 N–H and O–H groups in total. The van der Waals surface area contributed by atoms with E-state index in [2.05, 4.69) is 10.6 Å². The van der Waals surface area contributed by atoms with Crippen molar-refractivity contribution in [1.82, 2.24) is 0 Å². The molecule has 1 aromatic carbocycles. The Morgan fingerprint density at radius 1 is 1.36 bits per heavy atom. The molecule has 0 aliphatic heterocycles. The highest BCUT2D eigenvalue weighted by Crippen LogP contribution is 2.17. The van der Waals surface area contributed by atoms with Crippen LogP contribution in [0.25, 0.3) is 0 Å². The van der Waals surface area contributed by atoms with Crippen molar-refractivity contribution in [1.29, 1.82) is 5.52 Å². The van der Waals surface area contributed by atoms with Gasteiger partial charge in [0.05, 0.1) is 5.69 Å². The van der Waals surface area contributed by atoms with E-state index in [1.54, 1.807) is 0 Å². The van der Waals surface area contributed by atoms with Crippen molar-refractivity contribution in [3.05, 3.63) is 24.3 Å². The smallest absolute Gasteiger partial charge is 0.214 e. The van der Waals surface area contributed by atoms with Gasteiger partial charge in [-0.15, -0.1) is 0 Å². The van der Waals surface area contributed by atoms with Crippen LogP contribution in [0.5, 0.6) is 0 Å². The number of rotatable bonds is 2. The van der Waals surface area contributed by atoms with Crippen molar-refractivity contribution in [2.75, 3.05) is 19.0 Å². The summed E-state index contributed by atoms with van der Waals surface area (Å²) in [5, 5.41) is 3.58. The molecule has 1 aromatic rings. The zero-order chi connectivity index (χ0) is 8.97. The van der Waals surface area contributed by atoms with Crippen LogP contribution in [0.4, 0.5) is 11.4 Å². The fourth-order valence-electron chi connectivity index (χ4n) is 0.817. The molecule has 0 fully saturated rings. The first kappa shape index (κ1) is 6.34. The third-order valence-corrected chi connectivity index (χ3v) is 1.48. The zero-order valence-corrected chi connectivity index (χ0v) is 6.65. The Hall–Kier alpha value is -1.38. The molecule has 0 bridgehead atoms. The highest BCUT2D eigenvalue weighted by atomic mass is 15.1. The minimum Gasteiger partial charge on any atom is -0.378 e. The second kappa shape index (κ2) is 3.14. The zero-order valence-electron chi connectivity index (χ0n) is 7.65. The monoisotopic (exact) mass is 150 g/mol. The lowest BCUT2D eigenvalue weighted by Gasteiger charge is -2.11. The van der Waals surface area contributed by atoms with Gasteiger partial charge in [0, 0.05) is 19.8 Å². The lowest BCUT2D eigenvalue weighted by Crippen LogP contribution is -2.07. The molecule has 0 amide bonds. The Balaban J connectivity index is 2.85. The standard InChI is InChI=1S/C8H11N3/c1-11(2)8-5-3-7(10-9)4-6-8/h3-6,9H,1-2H3/i/hD. The summed E-state index contributed by atoms with van der Waals surface area (Å²) in [4.78, 5) is 2.00. The number of hydrogen-bond acceptors (Lipinski definition) is 3. The molecular formula is C8H11N3. The predicted octanol–water partition coefficient (Wildman–Crippen LogP) is 2.42. The first-order chi connectivity index (χ1) is 5.74. The van der Waals surface area contributed by atoms with Crippen LogP contribution in [0.3, 0.4) is 0 Å². The molecular weight excluding hydrogens is 138 g/mol. The summed E-state index contributed by atoms with van der Waals surface area (Å²) in [6.07, 6.45) is 0. The van der Waals surface area contributed by atoms with E-state index >= 15 is 0 Å². The number of nitrogens with zero attached hydrogens (tertiary/aromatic N) is 2. The molecule has 0 saturated heterocycles. The summed E-state index contributed by atoms with van der Waals surface area (Å²) in [5.41, 5.74) is 4.76. The number of benzene rings is 1. The van der Waals surface area contributed by atoms with Crippen LogP contribution >= 0.6 is 0 Å². The minimum atomic E-state index is 0.704. The predicted molar refractivity (Wildman–Crippen MR) is 45.6 cm³/mol. The van der Waals surface area contributed by atoms with E-state index in [-0.39, 0.29) is 0 Å². The van der Waals surface area contributed by atoms with Gasteiger partial charge in [0.25, 0.3) is 0 Å².